The Morgan fingerprint density at radius 2 is 0.602 bits per heavy atom. The summed E-state index contributed by atoms with van der Waals surface area (Å²) in [5.74, 6) is 1.90. The van der Waals surface area contributed by atoms with Gasteiger partial charge in [-0.15, -0.1) is 0 Å². The van der Waals surface area contributed by atoms with Crippen LogP contribution in [0.5, 0.6) is 0 Å². The quantitative estimate of drug-likeness (QED) is 0.0426. The van der Waals surface area contributed by atoms with E-state index in [4.69, 9.17) is 17.2 Å². The van der Waals surface area contributed by atoms with Crippen LogP contribution in [0.3, 0.4) is 0 Å². The standard InChI is InChI=1S/C23H27F2N7O3.2C19H23F2N7O2.C14H16BrF2N3O2.C9H12N4O.K.H2O/c1-12-9-15(28-18-13(2)19(27-11-26-18)29-20(33)14-3-4-14)22(35)32-17(12)21(34)30-23(32)5-7-31(8-6-23)10-16(24)25;2*1-10-7-12(25-16-11(2)15(22)23-9-24-16)18(30)28-14(10)17(29)26-19(28)3-5-27(6-4-19)8-13(20)21;1-8-6-9(15)13(22)20-11(8)12(21)18-14(20)2-4-19(5-3-14)7-10(16)17;1-5-7(10)11-4-12-8(5)13-9(14)6-2-3-6;;/h9,11,14,16H,3-8,10H2,1-2H3,(H,30,34)(H2,26,27,28,29,33);2*7,9,13H,3-6,8H2,1-2H3,(H,26,29)(H3,22,23,24,25);6,10H,2-5,7H2,1H3,(H,18,21);4,6H,2-3H2,1H3,(H3,10,11,12,13,14);;1H2/q;;;;;+1;/p-1. The Kier molecular flexibility index (Phi) is 31.2. The van der Waals surface area contributed by atoms with Crippen molar-refractivity contribution in [2.45, 2.75) is 181 Å². The van der Waals surface area contributed by atoms with Gasteiger partial charge in [-0.25, -0.2) is 75.0 Å². The van der Waals surface area contributed by atoms with E-state index in [-0.39, 0.29) is 170 Å². The van der Waals surface area contributed by atoms with Crippen LogP contribution in [0, 0.1) is 67.2 Å². The predicted molar refractivity (Wildman–Crippen MR) is 473 cm³/mol. The number of carbonyl (C=O) groups is 6. The summed E-state index contributed by atoms with van der Waals surface area (Å²) in [6.07, 6.45) is 2.28. The van der Waals surface area contributed by atoms with Gasteiger partial charge in [0.25, 0.3) is 71.6 Å². The SMILES string of the molecule is Cc1c(N)ncnc1NC(=O)C1CC1.Cc1cc(Br)c(=O)n2c1C(=O)NC21CCN(CC(F)F)CC1.Cc1cc(Nc2ncnc(N)c2C)c(=O)n2c1C(=O)NC21CCN(CC(F)F)CC1.Cc1cc(Nc2ncnc(N)c2C)c(=O)n2c1C(=O)NC21CCN(CC(F)F)CC1.Cc1cc(Nc2ncnc(NC(=O)C3CC3)c2C)c(=O)n2c1C(=O)NC21CCN(CC(F)F)CC1.[K+].[OH-]. The van der Waals surface area contributed by atoms with Crippen LogP contribution in [0.15, 0.2) is 73.2 Å². The maximum atomic E-state index is 13.6. The van der Waals surface area contributed by atoms with E-state index in [1.54, 1.807) is 99.3 Å². The van der Waals surface area contributed by atoms with E-state index in [9.17, 15) is 83.1 Å². The van der Waals surface area contributed by atoms with Crippen LogP contribution in [-0.4, -0.2) is 223 Å². The average molecular weight is 1950 g/mol. The second kappa shape index (κ2) is 41.1. The first-order chi connectivity index (χ1) is 62.1. The molecule has 6 fully saturated rings. The van der Waals surface area contributed by atoms with Gasteiger partial charge in [0, 0.05) is 138 Å². The first kappa shape index (κ1) is 101. The summed E-state index contributed by atoms with van der Waals surface area (Å²) >= 11 is 3.23. The predicted octanol–water partition coefficient (Wildman–Crippen LogP) is 4.00. The maximum Gasteiger partial charge on any atom is 1.00 e. The number of anilines is 11. The number of amides is 6. The number of nitrogens with zero attached hydrogens (tertiary/aromatic N) is 16. The second-order valence-electron chi connectivity index (χ2n) is 34.4. The third-order valence-electron chi connectivity index (χ3n) is 25.4. The number of nitrogens with two attached hydrogens (primary N) is 3. The molecule has 2 aliphatic carbocycles. The number of likely N-dealkylation sites (tertiary alicyclic amines) is 4. The number of alkyl halides is 8. The van der Waals surface area contributed by atoms with Crippen molar-refractivity contribution in [1.29, 1.82) is 0 Å². The largest absolute Gasteiger partial charge is 1.00 e. The van der Waals surface area contributed by atoms with E-state index < -0.39 is 53.9 Å². The van der Waals surface area contributed by atoms with Crippen LogP contribution in [0.25, 0.3) is 0 Å². The zero-order valence-electron chi connectivity index (χ0n) is 74.4. The van der Waals surface area contributed by atoms with Crippen molar-refractivity contribution in [1.82, 2.24) is 99.0 Å². The van der Waals surface area contributed by atoms with Gasteiger partial charge in [0.2, 0.25) is 11.8 Å². The fourth-order valence-electron chi connectivity index (χ4n) is 17.9. The van der Waals surface area contributed by atoms with Crippen molar-refractivity contribution >= 4 is 115 Å². The fourth-order valence-corrected chi connectivity index (χ4v) is 18.4. The van der Waals surface area contributed by atoms with Gasteiger partial charge in [-0.05, 0) is 144 Å². The number of hydrogen-bond donors (Lipinski definition) is 12. The maximum absolute atomic E-state index is 13.6. The smallest absolute Gasteiger partial charge is 0.870 e. The van der Waals surface area contributed by atoms with Gasteiger partial charge < -0.3 is 70.5 Å². The number of rotatable bonds is 18. The van der Waals surface area contributed by atoms with Crippen LogP contribution < -0.4 is 139 Å². The van der Waals surface area contributed by atoms with Gasteiger partial charge in [-0.1, -0.05) is 0 Å². The molecule has 16 heterocycles. The molecule has 2 saturated carbocycles. The minimum Gasteiger partial charge on any atom is -0.870 e. The number of nitrogens with one attached hydrogen (secondary N) is 9. The van der Waals surface area contributed by atoms with Crippen molar-refractivity contribution in [2.75, 3.05) is 122 Å². The molecular weight excluding hydrogens is 1850 g/mol. The normalized spacial score (nSPS) is 18.1. The minimum absolute atomic E-state index is 0. The van der Waals surface area contributed by atoms with E-state index in [0.717, 1.165) is 36.8 Å². The van der Waals surface area contributed by atoms with Crippen LogP contribution in [0.2, 0.25) is 0 Å². The third-order valence-corrected chi connectivity index (χ3v) is 26.0. The van der Waals surface area contributed by atoms with E-state index >= 15 is 0 Å². The zero-order chi connectivity index (χ0) is 94.4. The molecule has 49 heteroatoms. The Morgan fingerprint density at radius 3 is 0.865 bits per heavy atom. The molecule has 18 rings (SSSR count). The third kappa shape index (κ3) is 21.4. The molecule has 8 aliphatic heterocycles. The molecule has 708 valence electrons. The molecule has 16 N–H and O–H groups in total. The zero-order valence-corrected chi connectivity index (χ0v) is 79.1. The van der Waals surface area contributed by atoms with Crippen LogP contribution in [0.4, 0.5) is 98.7 Å². The van der Waals surface area contributed by atoms with Crippen LogP contribution in [0.1, 0.15) is 164 Å². The molecule has 133 heavy (non-hydrogen) atoms. The molecule has 39 nitrogen and oxygen atoms in total. The van der Waals surface area contributed by atoms with Crippen molar-refractivity contribution in [3.05, 3.63) is 163 Å². The van der Waals surface area contributed by atoms with Gasteiger partial charge in [-0.2, -0.15) is 0 Å². The molecule has 0 bridgehead atoms. The Morgan fingerprint density at radius 1 is 0.376 bits per heavy atom. The van der Waals surface area contributed by atoms with E-state index in [0.29, 0.717) is 205 Å². The van der Waals surface area contributed by atoms with Crippen LogP contribution in [-0.2, 0) is 32.2 Å². The van der Waals surface area contributed by atoms with Gasteiger partial charge in [-0.3, -0.25) is 85.8 Å². The molecule has 0 aromatic carbocycles. The van der Waals surface area contributed by atoms with Crippen LogP contribution >= 0.6 is 15.9 Å². The number of nitrogen functional groups attached to an aromatic ring is 3. The first-order valence-electron chi connectivity index (χ1n) is 42.7. The molecule has 4 saturated heterocycles. The molecule has 4 spiro atoms. The second-order valence-corrected chi connectivity index (χ2v) is 35.2. The molecular formula is C84H102BrF8KN28O11. The number of pyridine rings is 4. The summed E-state index contributed by atoms with van der Waals surface area (Å²) in [5, 5.41) is 26.4. The molecule has 10 aliphatic rings. The summed E-state index contributed by atoms with van der Waals surface area (Å²) in [6.45, 7) is 15.7. The molecule has 0 atom stereocenters. The van der Waals surface area contributed by atoms with E-state index in [1.807, 2.05) is 0 Å². The average Bonchev–Trinajstić information content (AvgIpc) is 1.59. The number of piperidine rings is 4. The number of halogens is 9. The molecule has 0 radical (unpaired) electrons. The number of aryl methyl sites for hydroxylation is 4. The Hall–Kier alpha value is -10.9. The summed E-state index contributed by atoms with van der Waals surface area (Å²) < 4.78 is 108. The van der Waals surface area contributed by atoms with E-state index in [1.165, 1.54) is 43.6 Å². The van der Waals surface area contributed by atoms with Crippen molar-refractivity contribution < 1.29 is 121 Å². The summed E-state index contributed by atoms with van der Waals surface area (Å²) in [5.41, 5.74) is 19.2. The molecule has 8 aromatic rings. The monoisotopic (exact) mass is 1950 g/mol. The summed E-state index contributed by atoms with van der Waals surface area (Å²) in [6, 6.07) is 6.45. The number of hydrogen-bond acceptors (Lipinski definition) is 29. The first-order valence-corrected chi connectivity index (χ1v) is 43.4. The number of aromatic nitrogens is 12. The van der Waals surface area contributed by atoms with Crippen molar-refractivity contribution in [3.63, 3.8) is 0 Å². The Bertz CT molecular complexity index is 5900. The number of carbonyl (C=O) groups excluding carboxylic acids is 6. The van der Waals surface area contributed by atoms with Crippen molar-refractivity contribution in [3.8, 4) is 0 Å². The van der Waals surface area contributed by atoms with Gasteiger partial charge in [0.05, 0.1) is 30.7 Å². The fraction of sp³-hybridized carbons (Fsp3) is 0.500. The summed E-state index contributed by atoms with van der Waals surface area (Å²) in [7, 11) is 0. The number of fused-ring (bicyclic) bond motifs is 8. The van der Waals surface area contributed by atoms with Gasteiger partial charge in [0.15, 0.2) is 0 Å². The van der Waals surface area contributed by atoms with Crippen molar-refractivity contribution in [2.24, 2.45) is 11.8 Å². The summed E-state index contributed by atoms with van der Waals surface area (Å²) in [4.78, 5) is 166. The molecule has 0 unspecified atom stereocenters. The van der Waals surface area contributed by atoms with E-state index in [2.05, 4.69) is 104 Å². The van der Waals surface area contributed by atoms with Gasteiger partial charge >= 0.3 is 51.4 Å². The Labute approximate surface area is 806 Å². The minimum atomic E-state index is -2.44. The molecule has 6 amide bonds. The van der Waals surface area contributed by atoms with Gasteiger partial charge in [0.1, 0.15) is 134 Å². The topological polar surface area (TPSA) is 523 Å². The Balaban J connectivity index is 0.000000153. The molecule has 8 aromatic heterocycles.